The lowest BCUT2D eigenvalue weighted by molar-refractivity contribution is 0.0749. The molecule has 1 N–H and O–H groups in total. The summed E-state index contributed by atoms with van der Waals surface area (Å²) in [6.07, 6.45) is 6.97. The summed E-state index contributed by atoms with van der Waals surface area (Å²) in [6, 6.07) is 0. The van der Waals surface area contributed by atoms with E-state index in [1.54, 1.807) is 32.4 Å². The second-order valence-electron chi connectivity index (χ2n) is 3.49. The number of aromatic nitrogens is 3. The van der Waals surface area contributed by atoms with Crippen LogP contribution in [-0.2, 0) is 5.60 Å². The molecule has 2 heterocycles. The number of rotatable bonds is 1. The Balaban J connectivity index is 2.75. The van der Waals surface area contributed by atoms with Gasteiger partial charge in [-0.25, -0.2) is 4.98 Å². The van der Waals surface area contributed by atoms with Crippen molar-refractivity contribution in [2.24, 2.45) is 0 Å². The smallest absolute Gasteiger partial charge is 0.161 e. The van der Waals surface area contributed by atoms with Gasteiger partial charge in [-0.1, -0.05) is 0 Å². The highest BCUT2D eigenvalue weighted by Crippen LogP contribution is 2.20. The molecule has 0 aliphatic rings. The van der Waals surface area contributed by atoms with E-state index in [0.717, 1.165) is 0 Å². The molecule has 0 aliphatic carbocycles. The maximum Gasteiger partial charge on any atom is 0.161 e. The van der Waals surface area contributed by atoms with Crippen LogP contribution in [0.1, 0.15) is 19.5 Å². The molecule has 0 atom stereocenters. The lowest BCUT2D eigenvalue weighted by Crippen LogP contribution is -2.18. The zero-order valence-corrected chi connectivity index (χ0v) is 7.60. The maximum absolute atomic E-state index is 9.79. The third-order valence-corrected chi connectivity index (χ3v) is 1.89. The minimum atomic E-state index is -0.951. The molecule has 0 unspecified atom stereocenters. The van der Waals surface area contributed by atoms with Gasteiger partial charge in [-0.05, 0) is 13.8 Å². The largest absolute Gasteiger partial charge is 0.384 e. The predicted octanol–water partition coefficient (Wildman–Crippen LogP) is 0.957. The van der Waals surface area contributed by atoms with E-state index >= 15 is 0 Å². The second-order valence-corrected chi connectivity index (χ2v) is 3.49. The van der Waals surface area contributed by atoms with Crippen molar-refractivity contribution < 1.29 is 5.11 Å². The summed E-state index contributed by atoms with van der Waals surface area (Å²) >= 11 is 0. The fourth-order valence-corrected chi connectivity index (χ4v) is 1.29. The number of hydrogen-bond donors (Lipinski definition) is 1. The summed E-state index contributed by atoms with van der Waals surface area (Å²) in [5.41, 5.74) is 0.350. The van der Waals surface area contributed by atoms with Gasteiger partial charge in [-0.2, -0.15) is 0 Å². The molecule has 0 saturated heterocycles. The summed E-state index contributed by atoms with van der Waals surface area (Å²) in [5.74, 6) is 0. The van der Waals surface area contributed by atoms with Crippen molar-refractivity contribution >= 4 is 5.65 Å². The molecule has 2 aromatic heterocycles. The monoisotopic (exact) mass is 177 g/mol. The quantitative estimate of drug-likeness (QED) is 0.705. The summed E-state index contributed by atoms with van der Waals surface area (Å²) in [7, 11) is 0. The number of hydrogen-bond acceptors (Lipinski definition) is 3. The van der Waals surface area contributed by atoms with Crippen molar-refractivity contribution in [3.05, 3.63) is 30.5 Å². The molecule has 2 rings (SSSR count). The Kier molecular flexibility index (Phi) is 1.60. The lowest BCUT2D eigenvalue weighted by Gasteiger charge is -2.16. The van der Waals surface area contributed by atoms with Crippen LogP contribution in [0.15, 0.2) is 24.8 Å². The van der Waals surface area contributed by atoms with E-state index in [4.69, 9.17) is 0 Å². The van der Waals surface area contributed by atoms with Gasteiger partial charge in [0.15, 0.2) is 5.65 Å². The first-order valence-corrected chi connectivity index (χ1v) is 4.09. The summed E-state index contributed by atoms with van der Waals surface area (Å²) < 4.78 is 1.83. The lowest BCUT2D eigenvalue weighted by atomic mass is 10.1. The number of nitrogens with zero attached hydrogens (tertiary/aromatic N) is 3. The topological polar surface area (TPSA) is 50.4 Å². The molecule has 0 aliphatic heterocycles. The Hall–Kier alpha value is -1.42. The Labute approximate surface area is 75.9 Å². The van der Waals surface area contributed by atoms with Crippen LogP contribution < -0.4 is 0 Å². The van der Waals surface area contributed by atoms with E-state index in [0.29, 0.717) is 11.3 Å². The van der Waals surface area contributed by atoms with Crippen molar-refractivity contribution in [3.8, 4) is 0 Å². The van der Waals surface area contributed by atoms with Gasteiger partial charge in [0.05, 0.1) is 0 Å². The van der Waals surface area contributed by atoms with E-state index in [1.165, 1.54) is 0 Å². The summed E-state index contributed by atoms with van der Waals surface area (Å²) in [6.45, 7) is 3.40. The van der Waals surface area contributed by atoms with E-state index in [2.05, 4.69) is 9.97 Å². The highest BCUT2D eigenvalue weighted by atomic mass is 16.3. The highest BCUT2D eigenvalue weighted by molar-refractivity contribution is 5.45. The molecule has 0 aromatic carbocycles. The normalized spacial score (nSPS) is 12.2. The van der Waals surface area contributed by atoms with E-state index in [1.807, 2.05) is 10.6 Å². The molecule has 13 heavy (non-hydrogen) atoms. The van der Waals surface area contributed by atoms with Crippen molar-refractivity contribution in [2.75, 3.05) is 0 Å². The molecule has 0 radical (unpaired) electrons. The van der Waals surface area contributed by atoms with Crippen LogP contribution in [0.25, 0.3) is 5.65 Å². The third kappa shape index (κ3) is 1.29. The average Bonchev–Trinajstić information content (AvgIpc) is 2.48. The third-order valence-electron chi connectivity index (χ3n) is 1.89. The van der Waals surface area contributed by atoms with E-state index < -0.39 is 5.60 Å². The Morgan fingerprint density at radius 3 is 2.46 bits per heavy atom. The van der Waals surface area contributed by atoms with Crippen molar-refractivity contribution in [1.29, 1.82) is 0 Å². The molecule has 0 bridgehead atoms. The summed E-state index contributed by atoms with van der Waals surface area (Å²) in [5, 5.41) is 9.79. The molecule has 68 valence electrons. The van der Waals surface area contributed by atoms with Gasteiger partial charge >= 0.3 is 0 Å². The maximum atomic E-state index is 9.79. The molecule has 0 spiro atoms. The van der Waals surface area contributed by atoms with Gasteiger partial charge in [0, 0.05) is 24.8 Å². The zero-order chi connectivity index (χ0) is 9.47. The van der Waals surface area contributed by atoms with Crippen molar-refractivity contribution in [1.82, 2.24) is 14.4 Å². The van der Waals surface area contributed by atoms with Crippen LogP contribution in [0.3, 0.4) is 0 Å². The molecule has 4 heteroatoms. The van der Waals surface area contributed by atoms with Crippen LogP contribution in [0.4, 0.5) is 0 Å². The first-order chi connectivity index (χ1) is 6.09. The zero-order valence-electron chi connectivity index (χ0n) is 7.60. The Morgan fingerprint density at radius 2 is 1.85 bits per heavy atom. The molecular formula is C9H11N3O. The van der Waals surface area contributed by atoms with E-state index in [9.17, 15) is 5.11 Å². The fraction of sp³-hybridized carbons (Fsp3) is 0.333. The van der Waals surface area contributed by atoms with Crippen LogP contribution >= 0.6 is 0 Å². The Morgan fingerprint density at radius 1 is 1.23 bits per heavy atom. The highest BCUT2D eigenvalue weighted by Gasteiger charge is 2.21. The van der Waals surface area contributed by atoms with Crippen molar-refractivity contribution in [3.63, 3.8) is 0 Å². The van der Waals surface area contributed by atoms with Gasteiger partial charge < -0.3 is 9.51 Å². The van der Waals surface area contributed by atoms with E-state index in [-0.39, 0.29) is 0 Å². The van der Waals surface area contributed by atoms with Gasteiger partial charge in [-0.15, -0.1) is 0 Å². The molecular weight excluding hydrogens is 166 g/mol. The van der Waals surface area contributed by atoms with Crippen molar-refractivity contribution in [2.45, 2.75) is 19.4 Å². The molecule has 0 saturated carbocycles. The number of fused-ring (bicyclic) bond motifs is 1. The second kappa shape index (κ2) is 2.53. The first kappa shape index (κ1) is 8.19. The number of aliphatic hydroxyl groups is 1. The molecule has 0 fully saturated rings. The SMILES string of the molecule is CC(C)(O)c1nccn2ccnc12. The standard InChI is InChI=1S/C9H11N3O/c1-9(2,13)7-8-11-4-6-12(8)5-3-10-7/h3-6,13H,1-2H3. The first-order valence-electron chi connectivity index (χ1n) is 4.09. The average molecular weight is 177 g/mol. The Bertz CT molecular complexity index is 428. The van der Waals surface area contributed by atoms with Crippen LogP contribution in [0.5, 0.6) is 0 Å². The number of imidazole rings is 1. The minimum Gasteiger partial charge on any atom is -0.384 e. The minimum absolute atomic E-state index is 0.597. The predicted molar refractivity (Wildman–Crippen MR) is 48.2 cm³/mol. The van der Waals surface area contributed by atoms with Gasteiger partial charge in [0.2, 0.25) is 0 Å². The van der Waals surface area contributed by atoms with Gasteiger partial charge in [0.25, 0.3) is 0 Å². The van der Waals surface area contributed by atoms with Gasteiger partial charge in [-0.3, -0.25) is 4.98 Å². The fourth-order valence-electron chi connectivity index (χ4n) is 1.29. The molecule has 2 aromatic rings. The summed E-state index contributed by atoms with van der Waals surface area (Å²) in [4.78, 5) is 8.24. The van der Waals surface area contributed by atoms with Gasteiger partial charge in [0.1, 0.15) is 11.3 Å². The molecule has 4 nitrogen and oxygen atoms in total. The van der Waals surface area contributed by atoms with Crippen LogP contribution in [-0.4, -0.2) is 19.5 Å². The van der Waals surface area contributed by atoms with Crippen LogP contribution in [0.2, 0.25) is 0 Å². The van der Waals surface area contributed by atoms with Crippen LogP contribution in [0, 0.1) is 0 Å². The molecule has 0 amide bonds.